The normalized spacial score (nSPS) is 11.6. The lowest BCUT2D eigenvalue weighted by atomic mass is 10.0. The van der Waals surface area contributed by atoms with E-state index in [0.29, 0.717) is 43.8 Å². The fourth-order valence-electron chi connectivity index (χ4n) is 3.71. The van der Waals surface area contributed by atoms with Crippen LogP contribution in [0.4, 0.5) is 0 Å². The summed E-state index contributed by atoms with van der Waals surface area (Å²) < 4.78 is 6.44. The number of ether oxygens (including phenoxy) is 1. The van der Waals surface area contributed by atoms with E-state index >= 15 is 0 Å². The first-order valence-electron chi connectivity index (χ1n) is 11.9. The third-order valence-corrected chi connectivity index (χ3v) is 7.14. The van der Waals surface area contributed by atoms with Crippen LogP contribution in [0.5, 0.6) is 5.75 Å². The van der Waals surface area contributed by atoms with Crippen molar-refractivity contribution in [3.8, 4) is 5.75 Å². The molecule has 3 aromatic rings. The van der Waals surface area contributed by atoms with Gasteiger partial charge in [-0.1, -0.05) is 84.5 Å². The number of halogens is 4. The van der Waals surface area contributed by atoms with Crippen molar-refractivity contribution >= 4 is 62.5 Å². The second-order valence-corrected chi connectivity index (χ2v) is 10.6. The summed E-state index contributed by atoms with van der Waals surface area (Å²) in [4.78, 5) is 28.6. The topological polar surface area (TPSA) is 58.6 Å². The zero-order chi connectivity index (χ0) is 26.8. The molecule has 0 saturated heterocycles. The molecule has 3 aromatic carbocycles. The number of nitrogens with one attached hydrogen (secondary N) is 1. The molecule has 5 nitrogen and oxygen atoms in total. The zero-order valence-electron chi connectivity index (χ0n) is 20.4. The molecule has 0 fully saturated rings. The molecular weight excluding hydrogens is 599 g/mol. The molecule has 0 aliphatic heterocycles. The molecule has 0 unspecified atom stereocenters. The largest absolute Gasteiger partial charge is 0.483 e. The monoisotopic (exact) mass is 624 g/mol. The smallest absolute Gasteiger partial charge is 0.261 e. The minimum absolute atomic E-state index is 0.110. The Bertz CT molecular complexity index is 1210. The Balaban J connectivity index is 1.92. The van der Waals surface area contributed by atoms with Crippen LogP contribution in [0.3, 0.4) is 0 Å². The maximum atomic E-state index is 13.7. The Morgan fingerprint density at radius 1 is 1.00 bits per heavy atom. The molecule has 0 aliphatic carbocycles. The lowest BCUT2D eigenvalue weighted by Crippen LogP contribution is -2.51. The van der Waals surface area contributed by atoms with E-state index in [-0.39, 0.29) is 25.0 Å². The van der Waals surface area contributed by atoms with E-state index in [0.717, 1.165) is 18.4 Å². The first-order valence-corrected chi connectivity index (χ1v) is 13.8. The highest BCUT2D eigenvalue weighted by atomic mass is 79.9. The van der Waals surface area contributed by atoms with Gasteiger partial charge in [-0.25, -0.2) is 0 Å². The quantitative estimate of drug-likeness (QED) is 0.214. The first kappa shape index (κ1) is 29.3. The number of hydrogen-bond donors (Lipinski definition) is 1. The van der Waals surface area contributed by atoms with Gasteiger partial charge in [-0.2, -0.15) is 0 Å². The molecule has 2 amide bonds. The van der Waals surface area contributed by atoms with Gasteiger partial charge < -0.3 is 15.0 Å². The van der Waals surface area contributed by atoms with Crippen molar-refractivity contribution in [3.05, 3.63) is 97.4 Å². The van der Waals surface area contributed by atoms with Crippen LogP contribution in [0.25, 0.3) is 0 Å². The van der Waals surface area contributed by atoms with E-state index in [1.807, 2.05) is 30.3 Å². The van der Waals surface area contributed by atoms with Gasteiger partial charge in [-0.3, -0.25) is 9.59 Å². The number of carbonyl (C=O) groups excluding carboxylic acids is 2. The van der Waals surface area contributed by atoms with Crippen LogP contribution < -0.4 is 10.1 Å². The highest BCUT2D eigenvalue weighted by molar-refractivity contribution is 9.10. The van der Waals surface area contributed by atoms with Crippen LogP contribution in [0.1, 0.15) is 30.9 Å². The predicted molar refractivity (Wildman–Crippen MR) is 154 cm³/mol. The fraction of sp³-hybridized carbons (Fsp3) is 0.286. The van der Waals surface area contributed by atoms with Gasteiger partial charge >= 0.3 is 0 Å². The van der Waals surface area contributed by atoms with E-state index in [9.17, 15) is 9.59 Å². The molecule has 3 rings (SSSR count). The number of unbranched alkanes of at least 4 members (excludes halogenated alkanes) is 1. The Morgan fingerprint density at radius 3 is 2.38 bits per heavy atom. The third kappa shape index (κ3) is 8.92. The SMILES string of the molecule is CCCCNC(=O)[C@H](Cc1ccccc1)N(Cc1ccc(Cl)cc1Cl)C(=O)COc1ccc(Cl)cc1Br. The molecule has 0 aromatic heterocycles. The average molecular weight is 627 g/mol. The van der Waals surface area contributed by atoms with Crippen LogP contribution in [0.2, 0.25) is 15.1 Å². The van der Waals surface area contributed by atoms with Gasteiger partial charge in [0.2, 0.25) is 5.91 Å². The van der Waals surface area contributed by atoms with E-state index in [1.54, 1.807) is 36.4 Å². The van der Waals surface area contributed by atoms with Crippen molar-refractivity contribution < 1.29 is 14.3 Å². The molecule has 196 valence electrons. The number of rotatable bonds is 12. The van der Waals surface area contributed by atoms with E-state index < -0.39 is 6.04 Å². The number of amides is 2. The predicted octanol–water partition coefficient (Wildman–Crippen LogP) is 7.34. The third-order valence-electron chi connectivity index (χ3n) is 5.70. The summed E-state index contributed by atoms with van der Waals surface area (Å²) in [7, 11) is 0. The summed E-state index contributed by atoms with van der Waals surface area (Å²) in [6.45, 7) is 2.41. The molecule has 0 radical (unpaired) electrons. The van der Waals surface area contributed by atoms with Gasteiger partial charge in [0.15, 0.2) is 6.61 Å². The Kier molecular flexibility index (Phi) is 11.6. The molecule has 1 atom stereocenters. The van der Waals surface area contributed by atoms with E-state index in [1.165, 1.54) is 4.90 Å². The van der Waals surface area contributed by atoms with Crippen molar-refractivity contribution in [3.63, 3.8) is 0 Å². The van der Waals surface area contributed by atoms with Gasteiger partial charge in [0.1, 0.15) is 11.8 Å². The lowest BCUT2D eigenvalue weighted by Gasteiger charge is -2.32. The number of hydrogen-bond acceptors (Lipinski definition) is 3. The van der Waals surface area contributed by atoms with Gasteiger partial charge in [0.25, 0.3) is 5.91 Å². The highest BCUT2D eigenvalue weighted by Gasteiger charge is 2.31. The highest BCUT2D eigenvalue weighted by Crippen LogP contribution is 2.28. The maximum absolute atomic E-state index is 13.7. The second-order valence-electron chi connectivity index (χ2n) is 8.47. The molecule has 0 spiro atoms. The van der Waals surface area contributed by atoms with Crippen molar-refractivity contribution in [1.29, 1.82) is 0 Å². The van der Waals surface area contributed by atoms with Gasteiger partial charge in [0, 0.05) is 34.6 Å². The average Bonchev–Trinajstić information content (AvgIpc) is 2.87. The zero-order valence-corrected chi connectivity index (χ0v) is 24.2. The van der Waals surface area contributed by atoms with Crippen LogP contribution in [0, 0.1) is 0 Å². The van der Waals surface area contributed by atoms with Gasteiger partial charge in [0.05, 0.1) is 4.47 Å². The van der Waals surface area contributed by atoms with Crippen LogP contribution in [0.15, 0.2) is 71.2 Å². The van der Waals surface area contributed by atoms with Crippen molar-refractivity contribution in [2.24, 2.45) is 0 Å². The fourth-order valence-corrected chi connectivity index (χ4v) is 4.97. The summed E-state index contributed by atoms with van der Waals surface area (Å²) in [5.41, 5.74) is 1.60. The maximum Gasteiger partial charge on any atom is 0.261 e. The number of benzene rings is 3. The summed E-state index contributed by atoms with van der Waals surface area (Å²) in [5.74, 6) is -0.128. The molecule has 0 aliphatic rings. The molecule has 0 heterocycles. The van der Waals surface area contributed by atoms with Gasteiger partial charge in [-0.15, -0.1) is 0 Å². The van der Waals surface area contributed by atoms with Crippen LogP contribution >= 0.6 is 50.7 Å². The second kappa shape index (κ2) is 14.6. The van der Waals surface area contributed by atoms with Crippen molar-refractivity contribution in [2.75, 3.05) is 13.2 Å². The van der Waals surface area contributed by atoms with Crippen LogP contribution in [-0.2, 0) is 22.6 Å². The molecule has 1 N–H and O–H groups in total. The minimum Gasteiger partial charge on any atom is -0.483 e. The Hall–Kier alpha value is -2.25. The Labute approximate surface area is 241 Å². The van der Waals surface area contributed by atoms with Crippen LogP contribution in [-0.4, -0.2) is 35.9 Å². The minimum atomic E-state index is -0.782. The number of nitrogens with zero attached hydrogens (tertiary/aromatic N) is 1. The molecule has 0 saturated carbocycles. The van der Waals surface area contributed by atoms with E-state index in [4.69, 9.17) is 39.5 Å². The summed E-state index contributed by atoms with van der Waals surface area (Å²) in [6.07, 6.45) is 2.12. The molecule has 37 heavy (non-hydrogen) atoms. The first-order chi connectivity index (χ1) is 17.8. The molecule has 9 heteroatoms. The van der Waals surface area contributed by atoms with E-state index in [2.05, 4.69) is 28.2 Å². The lowest BCUT2D eigenvalue weighted by molar-refractivity contribution is -0.142. The summed E-state index contributed by atoms with van der Waals surface area (Å²) in [5, 5.41) is 4.43. The standard InChI is InChI=1S/C28H28BrCl3N2O3/c1-2-3-13-33-28(36)25(14-19-7-5-4-6-8-19)34(17-20-9-10-22(31)16-24(20)32)27(35)18-37-26-12-11-21(30)15-23(26)29/h4-12,15-16,25H,2-3,13-14,17-18H2,1H3,(H,33,36)/t25-/m0/s1. The summed E-state index contributed by atoms with van der Waals surface area (Å²) >= 11 is 22.0. The molecular formula is C28H28BrCl3N2O3. The Morgan fingerprint density at radius 2 is 1.70 bits per heavy atom. The number of carbonyl (C=O) groups is 2. The summed E-state index contributed by atoms with van der Waals surface area (Å²) in [6, 6.07) is 18.9. The van der Waals surface area contributed by atoms with Crippen molar-refractivity contribution in [1.82, 2.24) is 10.2 Å². The van der Waals surface area contributed by atoms with Gasteiger partial charge in [-0.05, 0) is 63.8 Å². The molecule has 0 bridgehead atoms. The van der Waals surface area contributed by atoms with Crippen molar-refractivity contribution in [2.45, 2.75) is 38.8 Å².